The average molecular weight is 337 g/mol. The molecule has 2 aliphatic carbocycles. The van der Waals surface area contributed by atoms with Crippen LogP contribution >= 0.6 is 0 Å². The molecule has 2 nitrogen and oxygen atoms in total. The summed E-state index contributed by atoms with van der Waals surface area (Å²) in [4.78, 5) is 12.8. The normalized spacial score (nSPS) is 29.8. The Balaban J connectivity index is 2.43. The fourth-order valence-electron chi connectivity index (χ4n) is 3.79. The molecule has 0 N–H and O–H groups in total. The second kappa shape index (κ2) is 6.05. The standard InChI is InChI=1S/C20H36O2Si/c1-19(2,3)16-13-18(22-23(7,8)20(4,5)6)15-11-9-10-14(16)12-17(15)21/h13-16H,9-12H2,1-8H3/t14-,15+,16-/m0/s1. The summed E-state index contributed by atoms with van der Waals surface area (Å²) in [7, 11) is -1.91. The topological polar surface area (TPSA) is 26.3 Å². The van der Waals surface area contributed by atoms with E-state index in [1.54, 1.807) is 0 Å². The maximum atomic E-state index is 12.8. The molecule has 0 aliphatic heterocycles. The molecule has 1 fully saturated rings. The van der Waals surface area contributed by atoms with Crippen LogP contribution in [-0.4, -0.2) is 14.1 Å². The molecule has 3 heteroatoms. The molecule has 132 valence electrons. The van der Waals surface area contributed by atoms with Gasteiger partial charge in [0.15, 0.2) is 0 Å². The minimum atomic E-state index is -1.91. The van der Waals surface area contributed by atoms with Crippen LogP contribution in [0.5, 0.6) is 0 Å². The van der Waals surface area contributed by atoms with E-state index in [1.807, 2.05) is 0 Å². The monoisotopic (exact) mass is 336 g/mol. The first-order valence-corrected chi connectivity index (χ1v) is 12.2. The molecule has 3 atom stereocenters. The van der Waals surface area contributed by atoms with E-state index in [0.29, 0.717) is 17.6 Å². The zero-order valence-electron chi connectivity index (χ0n) is 16.5. The van der Waals surface area contributed by atoms with Crippen molar-refractivity contribution >= 4 is 14.1 Å². The lowest BCUT2D eigenvalue weighted by molar-refractivity contribution is -0.123. The van der Waals surface area contributed by atoms with Gasteiger partial charge in [-0.05, 0) is 54.3 Å². The summed E-state index contributed by atoms with van der Waals surface area (Å²) in [5.41, 5.74) is 0.180. The Hall–Kier alpha value is -0.573. The van der Waals surface area contributed by atoms with Gasteiger partial charge in [-0.25, -0.2) is 0 Å². The van der Waals surface area contributed by atoms with Crippen LogP contribution in [0.2, 0.25) is 18.1 Å². The Morgan fingerprint density at radius 2 is 1.70 bits per heavy atom. The number of carbonyl (C=O) groups is 1. The first-order chi connectivity index (χ1) is 10.3. The van der Waals surface area contributed by atoms with Crippen molar-refractivity contribution in [3.8, 4) is 0 Å². The highest BCUT2D eigenvalue weighted by Gasteiger charge is 2.45. The molecule has 0 aromatic heterocycles. The van der Waals surface area contributed by atoms with E-state index in [0.717, 1.165) is 25.0 Å². The Morgan fingerprint density at radius 1 is 1.09 bits per heavy atom. The third-order valence-corrected chi connectivity index (χ3v) is 10.7. The van der Waals surface area contributed by atoms with Crippen LogP contribution in [0.15, 0.2) is 11.8 Å². The molecular weight excluding hydrogens is 300 g/mol. The first-order valence-electron chi connectivity index (χ1n) is 9.26. The van der Waals surface area contributed by atoms with Crippen LogP contribution < -0.4 is 0 Å². The van der Waals surface area contributed by atoms with E-state index in [9.17, 15) is 4.79 Å². The van der Waals surface area contributed by atoms with E-state index >= 15 is 0 Å². The van der Waals surface area contributed by atoms with Gasteiger partial charge >= 0.3 is 0 Å². The molecule has 0 saturated heterocycles. The van der Waals surface area contributed by atoms with Gasteiger partial charge in [0.25, 0.3) is 0 Å². The molecule has 2 bridgehead atoms. The van der Waals surface area contributed by atoms with Crippen molar-refractivity contribution < 1.29 is 9.22 Å². The molecule has 0 spiro atoms. The molecule has 2 rings (SSSR count). The van der Waals surface area contributed by atoms with Crippen molar-refractivity contribution in [2.24, 2.45) is 23.2 Å². The van der Waals surface area contributed by atoms with Crippen molar-refractivity contribution in [2.45, 2.75) is 85.4 Å². The Morgan fingerprint density at radius 3 is 2.22 bits per heavy atom. The summed E-state index contributed by atoms with van der Waals surface area (Å²) in [5, 5.41) is 0.161. The van der Waals surface area contributed by atoms with Gasteiger partial charge in [-0.3, -0.25) is 4.79 Å². The smallest absolute Gasteiger partial charge is 0.250 e. The van der Waals surface area contributed by atoms with Gasteiger partial charge in [0.1, 0.15) is 5.78 Å². The van der Waals surface area contributed by atoms with Crippen molar-refractivity contribution in [1.29, 1.82) is 0 Å². The lowest BCUT2D eigenvalue weighted by Crippen LogP contribution is -2.42. The van der Waals surface area contributed by atoms with Gasteiger partial charge in [-0.15, -0.1) is 0 Å². The van der Waals surface area contributed by atoms with Gasteiger partial charge in [0, 0.05) is 6.42 Å². The highest BCUT2D eigenvalue weighted by atomic mass is 28.4. The molecule has 0 amide bonds. The van der Waals surface area contributed by atoms with E-state index in [4.69, 9.17) is 4.43 Å². The third kappa shape index (κ3) is 3.92. The third-order valence-electron chi connectivity index (χ3n) is 6.29. The average Bonchev–Trinajstić information content (AvgIpc) is 2.58. The Labute approximate surface area is 144 Å². The zero-order valence-corrected chi connectivity index (χ0v) is 17.5. The zero-order chi connectivity index (χ0) is 17.6. The number of allylic oxidation sites excluding steroid dienone is 2. The van der Waals surface area contributed by atoms with Crippen molar-refractivity contribution in [2.75, 3.05) is 0 Å². The number of fused-ring (bicyclic) bond motifs is 3. The molecule has 0 aromatic rings. The lowest BCUT2D eigenvalue weighted by Gasteiger charge is -2.40. The van der Waals surface area contributed by atoms with E-state index < -0.39 is 8.32 Å². The second-order valence-electron chi connectivity index (χ2n) is 10.2. The fourth-order valence-corrected chi connectivity index (χ4v) is 4.90. The van der Waals surface area contributed by atoms with Gasteiger partial charge in [-0.2, -0.15) is 0 Å². The SMILES string of the molecule is CC(C)(C)[C@H]1C=C(O[Si](C)(C)C(C)(C)C)[C@@H]2CCC[C@H]1CC2=O. The summed E-state index contributed by atoms with van der Waals surface area (Å²) in [6, 6.07) is 0. The summed E-state index contributed by atoms with van der Waals surface area (Å²) in [6.45, 7) is 18.3. The van der Waals surface area contributed by atoms with E-state index in [-0.39, 0.29) is 16.4 Å². The minimum absolute atomic E-state index is 0.0153. The molecule has 0 aromatic carbocycles. The number of hydrogen-bond donors (Lipinski definition) is 0. The van der Waals surface area contributed by atoms with Gasteiger partial charge in [0.05, 0.1) is 11.7 Å². The van der Waals surface area contributed by atoms with Crippen LogP contribution in [-0.2, 0) is 9.22 Å². The largest absolute Gasteiger partial charge is 0.546 e. The predicted molar refractivity (Wildman–Crippen MR) is 99.8 cm³/mol. The molecule has 0 unspecified atom stereocenters. The van der Waals surface area contributed by atoms with Gasteiger partial charge in [-0.1, -0.05) is 48.0 Å². The number of hydrogen-bond acceptors (Lipinski definition) is 2. The maximum Gasteiger partial charge on any atom is 0.250 e. The molecule has 0 radical (unpaired) electrons. The fraction of sp³-hybridized carbons (Fsp3) is 0.850. The lowest BCUT2D eigenvalue weighted by atomic mass is 9.70. The number of rotatable bonds is 2. The molecule has 2 aliphatic rings. The van der Waals surface area contributed by atoms with Crippen molar-refractivity contribution in [3.05, 3.63) is 11.8 Å². The summed E-state index contributed by atoms with van der Waals surface area (Å²) < 4.78 is 6.68. The van der Waals surface area contributed by atoms with Crippen LogP contribution in [0.25, 0.3) is 0 Å². The van der Waals surface area contributed by atoms with Crippen molar-refractivity contribution in [1.82, 2.24) is 0 Å². The number of ketones is 1. The molecule has 1 saturated carbocycles. The number of Topliss-reactive ketones (excluding diaryl/α,β-unsaturated/α-hetero) is 1. The van der Waals surface area contributed by atoms with Crippen LogP contribution in [0.4, 0.5) is 0 Å². The maximum absolute atomic E-state index is 12.8. The molecule has 23 heavy (non-hydrogen) atoms. The van der Waals surface area contributed by atoms with E-state index in [1.165, 1.54) is 6.42 Å². The summed E-state index contributed by atoms with van der Waals surface area (Å²) in [6.07, 6.45) is 6.43. The minimum Gasteiger partial charge on any atom is -0.546 e. The van der Waals surface area contributed by atoms with Gasteiger partial charge in [0.2, 0.25) is 8.32 Å². The number of carbonyl (C=O) groups excluding carboxylic acids is 1. The van der Waals surface area contributed by atoms with Crippen molar-refractivity contribution in [3.63, 3.8) is 0 Å². The quantitative estimate of drug-likeness (QED) is 0.583. The van der Waals surface area contributed by atoms with Crippen LogP contribution in [0, 0.1) is 23.2 Å². The summed E-state index contributed by atoms with van der Waals surface area (Å²) >= 11 is 0. The van der Waals surface area contributed by atoms with E-state index in [2.05, 4.69) is 60.7 Å². The Kier molecular flexibility index (Phi) is 4.94. The first kappa shape index (κ1) is 18.8. The summed E-state index contributed by atoms with van der Waals surface area (Å²) in [5.74, 6) is 2.39. The van der Waals surface area contributed by atoms with Crippen LogP contribution in [0.1, 0.15) is 67.2 Å². The molecular formula is C20H36O2Si. The van der Waals surface area contributed by atoms with Crippen LogP contribution in [0.3, 0.4) is 0 Å². The highest BCUT2D eigenvalue weighted by Crippen LogP contribution is 2.47. The molecule has 0 heterocycles. The second-order valence-corrected chi connectivity index (χ2v) is 15.0. The highest BCUT2D eigenvalue weighted by molar-refractivity contribution is 6.74. The predicted octanol–water partition coefficient (Wildman–Crippen LogP) is 5.94. The Bertz CT molecular complexity index is 491. The van der Waals surface area contributed by atoms with Gasteiger partial charge < -0.3 is 4.43 Å².